The second-order valence-electron chi connectivity index (χ2n) is 7.40. The van der Waals surface area contributed by atoms with Gasteiger partial charge >= 0.3 is 0 Å². The average Bonchev–Trinajstić information content (AvgIpc) is 2.92. The zero-order valence-corrected chi connectivity index (χ0v) is 14.8. The molecule has 1 aromatic heterocycles. The molecule has 0 aromatic carbocycles. The van der Waals surface area contributed by atoms with E-state index in [2.05, 4.69) is 19.6 Å². The fourth-order valence-corrected chi connectivity index (χ4v) is 5.21. The predicted octanol–water partition coefficient (Wildman–Crippen LogP) is 4.02. The van der Waals surface area contributed by atoms with Crippen molar-refractivity contribution in [3.8, 4) is 0 Å². The molecule has 0 saturated heterocycles. The second-order valence-corrected chi connectivity index (χ2v) is 11.8. The van der Waals surface area contributed by atoms with Crippen molar-refractivity contribution in [3.63, 3.8) is 0 Å². The molecule has 3 rings (SSSR count). The summed E-state index contributed by atoms with van der Waals surface area (Å²) in [6.07, 6.45) is 7.36. The molecular weight excluding hydrogens is 298 g/mol. The first kappa shape index (κ1) is 15.6. The van der Waals surface area contributed by atoms with Crippen LogP contribution in [0, 0.1) is 11.1 Å². The zero-order chi connectivity index (χ0) is 16.0. The van der Waals surface area contributed by atoms with Gasteiger partial charge in [-0.05, 0) is 45.0 Å². The van der Waals surface area contributed by atoms with Crippen LogP contribution in [0.25, 0.3) is 0 Å². The smallest absolute Gasteiger partial charge is 0.226 e. The lowest BCUT2D eigenvalue weighted by Crippen LogP contribution is -2.58. The first-order valence-electron chi connectivity index (χ1n) is 8.04. The van der Waals surface area contributed by atoms with E-state index in [4.69, 9.17) is 13.7 Å². The Balaban J connectivity index is 2.05. The van der Waals surface area contributed by atoms with Crippen molar-refractivity contribution in [1.82, 2.24) is 0 Å². The largest absolute Gasteiger partial charge is 0.472 e. The van der Waals surface area contributed by atoms with Gasteiger partial charge in [-0.2, -0.15) is 0 Å². The summed E-state index contributed by atoms with van der Waals surface area (Å²) >= 11 is 0. The number of fused-ring (bicyclic) bond motifs is 1. The van der Waals surface area contributed by atoms with E-state index in [1.807, 2.05) is 13.0 Å². The van der Waals surface area contributed by atoms with Crippen molar-refractivity contribution < 1.29 is 18.6 Å². The summed E-state index contributed by atoms with van der Waals surface area (Å²) in [6.45, 7) is 8.27. The Hall–Kier alpha value is -1.27. The highest BCUT2D eigenvalue weighted by Crippen LogP contribution is 2.49. The van der Waals surface area contributed by atoms with E-state index in [9.17, 15) is 5.21 Å². The van der Waals surface area contributed by atoms with Crippen LogP contribution in [0.2, 0.25) is 19.6 Å². The van der Waals surface area contributed by atoms with Gasteiger partial charge in [-0.15, -0.1) is 0 Å². The van der Waals surface area contributed by atoms with Crippen molar-refractivity contribution in [1.29, 1.82) is 0 Å². The summed E-state index contributed by atoms with van der Waals surface area (Å²) in [5.41, 5.74) is 1.72. The molecule has 6 heteroatoms. The molecule has 1 saturated carbocycles. The van der Waals surface area contributed by atoms with Crippen LogP contribution in [-0.4, -0.2) is 24.7 Å². The van der Waals surface area contributed by atoms with E-state index in [0.717, 1.165) is 31.2 Å². The second kappa shape index (κ2) is 5.42. The average molecular weight is 323 g/mol. The molecule has 1 aliphatic heterocycles. The molecule has 0 unspecified atom stereocenters. The molecule has 0 amide bonds. The monoisotopic (exact) mass is 323 g/mol. The van der Waals surface area contributed by atoms with Crippen LogP contribution in [0.5, 0.6) is 0 Å². The van der Waals surface area contributed by atoms with Crippen LogP contribution in [0.15, 0.2) is 23.0 Å². The molecule has 5 nitrogen and oxygen atoms in total. The Morgan fingerprint density at radius 1 is 1.36 bits per heavy atom. The lowest BCUT2D eigenvalue weighted by molar-refractivity contribution is -0.791. The van der Waals surface area contributed by atoms with Gasteiger partial charge in [0.15, 0.2) is 14.1 Å². The Bertz CT molecular complexity index is 563. The normalized spacial score (nSPS) is 32.5. The minimum atomic E-state index is -1.85. The highest BCUT2D eigenvalue weighted by atomic mass is 28.4. The fraction of sp³-hybridized carbons (Fsp3) is 0.688. The van der Waals surface area contributed by atoms with Gasteiger partial charge in [-0.1, -0.05) is 6.42 Å². The maximum Gasteiger partial charge on any atom is 0.226 e. The van der Waals surface area contributed by atoms with Crippen molar-refractivity contribution in [3.05, 3.63) is 29.4 Å². The van der Waals surface area contributed by atoms with Crippen molar-refractivity contribution in [2.24, 2.45) is 5.92 Å². The number of furan rings is 1. The maximum atomic E-state index is 12.4. The predicted molar refractivity (Wildman–Crippen MR) is 86.0 cm³/mol. The van der Waals surface area contributed by atoms with E-state index in [0.29, 0.717) is 10.6 Å². The molecule has 2 aliphatic rings. The Morgan fingerprint density at radius 3 is 2.77 bits per heavy atom. The molecule has 1 aromatic rings. The number of rotatable bonds is 3. The van der Waals surface area contributed by atoms with Crippen LogP contribution in [0.3, 0.4) is 0 Å². The van der Waals surface area contributed by atoms with E-state index in [1.54, 1.807) is 12.5 Å². The minimum absolute atomic E-state index is 0.00153. The molecule has 1 fully saturated rings. The Labute approximate surface area is 132 Å². The third kappa shape index (κ3) is 2.70. The lowest BCUT2D eigenvalue weighted by atomic mass is 9.71. The molecule has 0 spiro atoms. The van der Waals surface area contributed by atoms with E-state index < -0.39 is 14.1 Å². The molecule has 22 heavy (non-hydrogen) atoms. The van der Waals surface area contributed by atoms with Gasteiger partial charge in [0.25, 0.3) is 0 Å². The van der Waals surface area contributed by atoms with Gasteiger partial charge < -0.3 is 13.7 Å². The topological polar surface area (TPSA) is 57.7 Å². The van der Waals surface area contributed by atoms with Crippen LogP contribution < -0.4 is 0 Å². The minimum Gasteiger partial charge on any atom is -0.472 e. The summed E-state index contributed by atoms with van der Waals surface area (Å²) in [6, 6.07) is 1.95. The third-order valence-corrected chi connectivity index (χ3v) is 5.57. The number of hydrogen-bond acceptors (Lipinski definition) is 4. The van der Waals surface area contributed by atoms with Gasteiger partial charge in [0, 0.05) is 23.3 Å². The standard InChI is InChI=1S/C16H25NO4Si/c1-12-15(13-8-10-19-11-13)14-7-5-6-9-16(14,20-17(12)18)21-22(2,3)4/h8,10-11,14-15H,5-7,9H2,1-4H3/t14-,15-,16+/m1/s1. The first-order chi connectivity index (χ1) is 10.3. The van der Waals surface area contributed by atoms with Crippen LogP contribution in [-0.2, 0) is 9.26 Å². The van der Waals surface area contributed by atoms with Gasteiger partial charge in [-0.3, -0.25) is 5.21 Å². The van der Waals surface area contributed by atoms with Crippen LogP contribution >= 0.6 is 0 Å². The van der Waals surface area contributed by atoms with Crippen molar-refractivity contribution in [2.75, 3.05) is 0 Å². The zero-order valence-electron chi connectivity index (χ0n) is 13.8. The van der Waals surface area contributed by atoms with Gasteiger partial charge in [-0.25, -0.2) is 0 Å². The number of hydrogen-bond donors (Lipinski definition) is 0. The summed E-state index contributed by atoms with van der Waals surface area (Å²) in [5.74, 6) is -0.622. The van der Waals surface area contributed by atoms with Gasteiger partial charge in [0.05, 0.1) is 18.4 Å². The number of nitrogens with zero attached hydrogens (tertiary/aromatic N) is 1. The molecule has 2 heterocycles. The molecule has 0 radical (unpaired) electrons. The quantitative estimate of drug-likeness (QED) is 0.623. The first-order valence-corrected chi connectivity index (χ1v) is 11.5. The summed E-state index contributed by atoms with van der Waals surface area (Å²) < 4.78 is 11.7. The Morgan fingerprint density at radius 2 is 2.14 bits per heavy atom. The fourth-order valence-electron chi connectivity index (χ4n) is 3.88. The molecule has 0 N–H and O–H groups in total. The molecule has 3 atom stereocenters. The summed E-state index contributed by atoms with van der Waals surface area (Å²) in [4.78, 5) is 6.50. The molecule has 122 valence electrons. The van der Waals surface area contributed by atoms with Gasteiger partial charge in [0.1, 0.15) is 0 Å². The summed E-state index contributed by atoms with van der Waals surface area (Å²) in [7, 11) is -1.85. The molecule has 0 bridgehead atoms. The van der Waals surface area contributed by atoms with Crippen molar-refractivity contribution >= 4 is 14.0 Å². The third-order valence-electron chi connectivity index (χ3n) is 4.61. The van der Waals surface area contributed by atoms with Crippen molar-refractivity contribution in [2.45, 2.75) is 64.0 Å². The highest BCUT2D eigenvalue weighted by molar-refractivity contribution is 6.69. The van der Waals surface area contributed by atoms with Gasteiger partial charge in [0.2, 0.25) is 5.71 Å². The van der Waals surface area contributed by atoms with Crippen LogP contribution in [0.4, 0.5) is 0 Å². The summed E-state index contributed by atoms with van der Waals surface area (Å²) in [5, 5.41) is 12.4. The van der Waals surface area contributed by atoms with E-state index >= 15 is 0 Å². The SMILES string of the molecule is CC1=[N+]([O-])O[C@]2(O[Si](C)(C)C)CCCC[C@@H]2[C@H]1c1ccoc1. The maximum absolute atomic E-state index is 12.4. The van der Waals surface area contributed by atoms with E-state index in [-0.39, 0.29) is 11.8 Å². The Kier molecular flexibility index (Phi) is 3.85. The lowest BCUT2D eigenvalue weighted by Gasteiger charge is -2.52. The van der Waals surface area contributed by atoms with Crippen LogP contribution in [0.1, 0.15) is 44.1 Å². The highest BCUT2D eigenvalue weighted by Gasteiger charge is 2.54. The molecule has 1 aliphatic carbocycles. The van der Waals surface area contributed by atoms with E-state index in [1.165, 1.54) is 0 Å². The molecular formula is C16H25NO4Si.